The van der Waals surface area contributed by atoms with Crippen LogP contribution in [0.5, 0.6) is 0 Å². The highest BCUT2D eigenvalue weighted by Gasteiger charge is 2.32. The molecule has 1 aromatic rings. The van der Waals surface area contributed by atoms with Crippen molar-refractivity contribution in [1.82, 2.24) is 10.2 Å². The molecule has 1 fully saturated rings. The highest BCUT2D eigenvalue weighted by Crippen LogP contribution is 2.38. The first-order chi connectivity index (χ1) is 8.87. The fourth-order valence-electron chi connectivity index (χ4n) is 2.01. The average Bonchev–Trinajstić information content (AvgIpc) is 2.75. The monoisotopic (exact) mass is 282 g/mol. The van der Waals surface area contributed by atoms with Crippen molar-refractivity contribution in [2.75, 3.05) is 12.3 Å². The van der Waals surface area contributed by atoms with Crippen LogP contribution in [0.3, 0.4) is 0 Å². The summed E-state index contributed by atoms with van der Waals surface area (Å²) in [7, 11) is 0. The number of thioether (sulfide) groups is 1. The lowest BCUT2D eigenvalue weighted by molar-refractivity contribution is 0.191. The van der Waals surface area contributed by atoms with Gasteiger partial charge in [-0.3, -0.25) is 0 Å². The fourth-order valence-corrected chi connectivity index (χ4v) is 3.25. The van der Waals surface area contributed by atoms with Gasteiger partial charge in [0.15, 0.2) is 0 Å². The number of amides is 2. The van der Waals surface area contributed by atoms with Gasteiger partial charge in [-0.05, 0) is 38.5 Å². The van der Waals surface area contributed by atoms with Crippen LogP contribution in [-0.2, 0) is 0 Å². The number of urea groups is 1. The molecule has 0 spiro atoms. The minimum Gasteiger partial charge on any atom is -0.333 e. The quantitative estimate of drug-likeness (QED) is 0.856. The summed E-state index contributed by atoms with van der Waals surface area (Å²) in [6.45, 7) is 6.54. The molecule has 2 rings (SSSR count). The molecule has 19 heavy (non-hydrogen) atoms. The highest BCUT2D eigenvalue weighted by molar-refractivity contribution is 7.99. The minimum absolute atomic E-state index is 0.0910. The zero-order valence-electron chi connectivity index (χ0n) is 11.4. The van der Waals surface area contributed by atoms with Crippen LogP contribution in [0.1, 0.15) is 31.7 Å². The lowest BCUT2D eigenvalue weighted by atomic mass is 10.1. The molecule has 0 saturated carbocycles. The van der Waals surface area contributed by atoms with Crippen molar-refractivity contribution in [3.63, 3.8) is 0 Å². The molecule has 1 aliphatic rings. The molecule has 3 nitrogen and oxygen atoms in total. The van der Waals surface area contributed by atoms with E-state index in [1.54, 1.807) is 22.7 Å². The molecule has 1 unspecified atom stereocenters. The summed E-state index contributed by atoms with van der Waals surface area (Å²) in [5.74, 6) is 0.611. The maximum atomic E-state index is 13.3. The Hall–Kier alpha value is -1.23. The van der Waals surface area contributed by atoms with E-state index in [0.29, 0.717) is 6.54 Å². The van der Waals surface area contributed by atoms with Crippen LogP contribution in [0, 0.1) is 5.82 Å². The van der Waals surface area contributed by atoms with E-state index in [0.717, 1.165) is 11.3 Å². The molecule has 1 saturated heterocycles. The molecule has 104 valence electrons. The van der Waals surface area contributed by atoms with Gasteiger partial charge in [0.05, 0.1) is 0 Å². The molecule has 2 amide bonds. The third kappa shape index (κ3) is 3.62. The number of nitrogens with zero attached hydrogens (tertiary/aromatic N) is 1. The first-order valence-electron chi connectivity index (χ1n) is 6.33. The number of halogens is 1. The molecule has 0 radical (unpaired) electrons. The van der Waals surface area contributed by atoms with E-state index in [-0.39, 0.29) is 22.8 Å². The lowest BCUT2D eigenvalue weighted by Crippen LogP contribution is -2.48. The van der Waals surface area contributed by atoms with Gasteiger partial charge in [-0.2, -0.15) is 0 Å². The molecule has 1 aliphatic heterocycles. The first kappa shape index (κ1) is 14.2. The molecule has 0 aliphatic carbocycles. The second-order valence-electron chi connectivity index (χ2n) is 5.65. The van der Waals surface area contributed by atoms with Crippen molar-refractivity contribution in [3.8, 4) is 0 Å². The van der Waals surface area contributed by atoms with E-state index in [1.165, 1.54) is 12.1 Å². The van der Waals surface area contributed by atoms with Gasteiger partial charge in [0.1, 0.15) is 11.2 Å². The maximum Gasteiger partial charge on any atom is 0.319 e. The summed E-state index contributed by atoms with van der Waals surface area (Å²) in [6, 6.07) is 6.38. The molecule has 5 heteroatoms. The van der Waals surface area contributed by atoms with Gasteiger partial charge in [0, 0.05) is 17.8 Å². The van der Waals surface area contributed by atoms with Crippen molar-refractivity contribution >= 4 is 17.8 Å². The summed E-state index contributed by atoms with van der Waals surface area (Å²) < 4.78 is 13.3. The molecule has 0 bridgehead atoms. The number of carbonyl (C=O) groups is 1. The Labute approximate surface area is 117 Å². The third-order valence-corrected chi connectivity index (χ3v) is 4.03. The van der Waals surface area contributed by atoms with E-state index in [9.17, 15) is 9.18 Å². The Bertz CT molecular complexity index is 473. The van der Waals surface area contributed by atoms with E-state index in [2.05, 4.69) is 5.32 Å². The number of nitrogens with one attached hydrogen (secondary N) is 1. The van der Waals surface area contributed by atoms with Gasteiger partial charge >= 0.3 is 6.03 Å². The first-order valence-corrected chi connectivity index (χ1v) is 7.37. The van der Waals surface area contributed by atoms with Crippen molar-refractivity contribution < 1.29 is 9.18 Å². The van der Waals surface area contributed by atoms with Crippen molar-refractivity contribution in [1.29, 1.82) is 0 Å². The van der Waals surface area contributed by atoms with Gasteiger partial charge in [-0.1, -0.05) is 12.1 Å². The molecule has 1 N–H and O–H groups in total. The Kier molecular flexibility index (Phi) is 4.04. The van der Waals surface area contributed by atoms with Gasteiger partial charge in [0.25, 0.3) is 0 Å². The minimum atomic E-state index is -0.267. The van der Waals surface area contributed by atoms with E-state index >= 15 is 0 Å². The predicted octanol–water partition coefficient (Wildman–Crippen LogP) is 3.38. The fraction of sp³-hybridized carbons (Fsp3) is 0.500. The zero-order chi connectivity index (χ0) is 14.0. The molecular formula is C14H19FN2OS. The lowest BCUT2D eigenvalue weighted by Gasteiger charge is -2.29. The Morgan fingerprint density at radius 1 is 1.47 bits per heavy atom. The van der Waals surface area contributed by atoms with E-state index in [1.807, 2.05) is 26.8 Å². The average molecular weight is 282 g/mol. The molecule has 1 atom stereocenters. The third-order valence-electron chi connectivity index (χ3n) is 2.77. The number of benzene rings is 1. The van der Waals surface area contributed by atoms with Gasteiger partial charge in [-0.25, -0.2) is 9.18 Å². The van der Waals surface area contributed by atoms with Crippen molar-refractivity contribution in [2.24, 2.45) is 0 Å². The summed E-state index contributed by atoms with van der Waals surface area (Å²) in [5, 5.41) is 2.86. The normalized spacial score (nSPS) is 19.6. The molecule has 1 aromatic carbocycles. The summed E-state index contributed by atoms with van der Waals surface area (Å²) in [6.07, 6.45) is 0. The SMILES string of the molecule is CC(C)(C)NC(=O)N1CCSC1c1cccc(F)c1. The zero-order valence-corrected chi connectivity index (χ0v) is 12.3. The number of hydrogen-bond donors (Lipinski definition) is 1. The van der Waals surface area contributed by atoms with Gasteiger partial charge in [-0.15, -0.1) is 11.8 Å². The predicted molar refractivity (Wildman–Crippen MR) is 76.6 cm³/mol. The second-order valence-corrected chi connectivity index (χ2v) is 6.84. The Balaban J connectivity index is 2.15. The van der Waals surface area contributed by atoms with E-state index in [4.69, 9.17) is 0 Å². The summed E-state index contributed by atoms with van der Waals surface area (Å²) in [4.78, 5) is 14.0. The van der Waals surface area contributed by atoms with Crippen LogP contribution >= 0.6 is 11.8 Å². The second kappa shape index (κ2) is 5.41. The Morgan fingerprint density at radius 3 is 2.84 bits per heavy atom. The van der Waals surface area contributed by atoms with Crippen molar-refractivity contribution in [2.45, 2.75) is 31.7 Å². The van der Waals surface area contributed by atoms with Crippen LogP contribution in [0.4, 0.5) is 9.18 Å². The van der Waals surface area contributed by atoms with Crippen LogP contribution in [0.15, 0.2) is 24.3 Å². The van der Waals surface area contributed by atoms with Gasteiger partial charge < -0.3 is 10.2 Å². The smallest absolute Gasteiger partial charge is 0.319 e. The standard InChI is InChI=1S/C14H19FN2OS/c1-14(2,3)16-13(18)17-7-8-19-12(17)10-5-4-6-11(15)9-10/h4-6,9,12H,7-8H2,1-3H3,(H,16,18). The van der Waals surface area contributed by atoms with Crippen LogP contribution in [0.25, 0.3) is 0 Å². The maximum absolute atomic E-state index is 13.3. The summed E-state index contributed by atoms with van der Waals surface area (Å²) in [5.41, 5.74) is 0.572. The number of carbonyl (C=O) groups excluding carboxylic acids is 1. The van der Waals surface area contributed by atoms with Crippen LogP contribution < -0.4 is 5.32 Å². The largest absolute Gasteiger partial charge is 0.333 e. The van der Waals surface area contributed by atoms with E-state index < -0.39 is 0 Å². The topological polar surface area (TPSA) is 32.3 Å². The Morgan fingerprint density at radius 2 is 2.21 bits per heavy atom. The number of rotatable bonds is 1. The van der Waals surface area contributed by atoms with Crippen LogP contribution in [0.2, 0.25) is 0 Å². The number of hydrogen-bond acceptors (Lipinski definition) is 2. The van der Waals surface area contributed by atoms with Crippen LogP contribution in [-0.4, -0.2) is 28.8 Å². The highest BCUT2D eigenvalue weighted by atomic mass is 32.2. The van der Waals surface area contributed by atoms with Crippen molar-refractivity contribution in [3.05, 3.63) is 35.6 Å². The molecular weight excluding hydrogens is 263 g/mol. The molecule has 0 aromatic heterocycles. The molecule has 1 heterocycles. The summed E-state index contributed by atoms with van der Waals surface area (Å²) >= 11 is 1.67. The van der Waals surface area contributed by atoms with Gasteiger partial charge in [0.2, 0.25) is 0 Å².